The molecule has 0 radical (unpaired) electrons. The summed E-state index contributed by atoms with van der Waals surface area (Å²) in [6, 6.07) is 14.8. The Morgan fingerprint density at radius 3 is 2.33 bits per heavy atom. The van der Waals surface area contributed by atoms with Crippen LogP contribution in [-0.2, 0) is 9.53 Å². The Bertz CT molecular complexity index is 1030. The highest BCUT2D eigenvalue weighted by molar-refractivity contribution is 5.94. The number of methoxy groups -OCH3 is 1. The fourth-order valence-electron chi connectivity index (χ4n) is 3.13. The highest BCUT2D eigenvalue weighted by Crippen LogP contribution is 2.25. The zero-order chi connectivity index (χ0) is 21.7. The Balaban J connectivity index is 1.74. The molecule has 0 aliphatic carbocycles. The van der Waals surface area contributed by atoms with Gasteiger partial charge in [0.05, 0.1) is 13.0 Å². The van der Waals surface area contributed by atoms with Crippen molar-refractivity contribution in [1.29, 1.82) is 0 Å². The molecule has 1 aromatic heterocycles. The van der Waals surface area contributed by atoms with Crippen molar-refractivity contribution in [3.8, 4) is 22.9 Å². The van der Waals surface area contributed by atoms with Crippen LogP contribution < -0.4 is 0 Å². The Hall–Kier alpha value is -3.48. The van der Waals surface area contributed by atoms with Gasteiger partial charge in [-0.25, -0.2) is 0 Å². The van der Waals surface area contributed by atoms with Crippen LogP contribution >= 0.6 is 0 Å². The van der Waals surface area contributed by atoms with Crippen LogP contribution in [0, 0.1) is 12.8 Å². The summed E-state index contributed by atoms with van der Waals surface area (Å²) >= 11 is 0. The molecule has 0 N–H and O–H groups in total. The standard InChI is InChI=1S/C23H25N3O4/c1-5-26(14-16(3)23(28)29-4)22(27)18-11-9-17(10-12-18)20-24-25-21(30-20)19-8-6-7-15(2)13-19/h6-13,16H,5,14H2,1-4H3. The van der Waals surface area contributed by atoms with E-state index in [1.807, 2.05) is 38.1 Å². The zero-order valence-corrected chi connectivity index (χ0v) is 17.6. The molecule has 0 spiro atoms. The molecule has 0 saturated carbocycles. The minimum atomic E-state index is -0.392. The summed E-state index contributed by atoms with van der Waals surface area (Å²) in [6.07, 6.45) is 0. The molecule has 1 heterocycles. The van der Waals surface area contributed by atoms with Crippen LogP contribution in [0.5, 0.6) is 0 Å². The van der Waals surface area contributed by atoms with E-state index in [9.17, 15) is 9.59 Å². The Morgan fingerprint density at radius 1 is 1.07 bits per heavy atom. The smallest absolute Gasteiger partial charge is 0.310 e. The number of esters is 1. The van der Waals surface area contributed by atoms with Gasteiger partial charge in [0, 0.05) is 29.8 Å². The number of ether oxygens (including phenoxy) is 1. The highest BCUT2D eigenvalue weighted by Gasteiger charge is 2.21. The summed E-state index contributed by atoms with van der Waals surface area (Å²) in [7, 11) is 1.34. The topological polar surface area (TPSA) is 85.5 Å². The molecule has 0 fully saturated rings. The van der Waals surface area contributed by atoms with Gasteiger partial charge >= 0.3 is 5.97 Å². The number of aromatic nitrogens is 2. The van der Waals surface area contributed by atoms with E-state index >= 15 is 0 Å². The average molecular weight is 407 g/mol. The summed E-state index contributed by atoms with van der Waals surface area (Å²) < 4.78 is 10.5. The fourth-order valence-corrected chi connectivity index (χ4v) is 3.13. The second-order valence-corrected chi connectivity index (χ2v) is 7.13. The molecule has 30 heavy (non-hydrogen) atoms. The second kappa shape index (κ2) is 9.35. The van der Waals surface area contributed by atoms with E-state index in [-0.39, 0.29) is 11.9 Å². The predicted molar refractivity (Wildman–Crippen MR) is 113 cm³/mol. The van der Waals surface area contributed by atoms with E-state index in [1.54, 1.807) is 36.1 Å². The molecule has 7 heteroatoms. The average Bonchev–Trinajstić information content (AvgIpc) is 3.26. The van der Waals surface area contributed by atoms with Gasteiger partial charge in [-0.15, -0.1) is 10.2 Å². The van der Waals surface area contributed by atoms with Crippen LogP contribution in [-0.4, -0.2) is 47.2 Å². The van der Waals surface area contributed by atoms with Gasteiger partial charge in [-0.1, -0.05) is 24.6 Å². The van der Waals surface area contributed by atoms with Gasteiger partial charge in [0.2, 0.25) is 11.8 Å². The first kappa shape index (κ1) is 21.2. The maximum absolute atomic E-state index is 12.8. The van der Waals surface area contributed by atoms with Crippen molar-refractivity contribution in [1.82, 2.24) is 15.1 Å². The first-order chi connectivity index (χ1) is 14.4. The van der Waals surface area contributed by atoms with Crippen molar-refractivity contribution in [2.75, 3.05) is 20.2 Å². The Kier molecular flexibility index (Phi) is 6.61. The molecule has 7 nitrogen and oxygen atoms in total. The molecule has 0 aliphatic heterocycles. The zero-order valence-electron chi connectivity index (χ0n) is 17.6. The quantitative estimate of drug-likeness (QED) is 0.551. The van der Waals surface area contributed by atoms with Crippen molar-refractivity contribution in [3.05, 3.63) is 59.7 Å². The lowest BCUT2D eigenvalue weighted by molar-refractivity contribution is -0.145. The van der Waals surface area contributed by atoms with Crippen molar-refractivity contribution in [2.45, 2.75) is 20.8 Å². The minimum Gasteiger partial charge on any atom is -0.469 e. The first-order valence-corrected chi connectivity index (χ1v) is 9.81. The van der Waals surface area contributed by atoms with Crippen molar-refractivity contribution >= 4 is 11.9 Å². The van der Waals surface area contributed by atoms with Crippen LogP contribution in [0.25, 0.3) is 22.9 Å². The predicted octanol–water partition coefficient (Wildman–Crippen LogP) is 3.98. The number of rotatable bonds is 7. The summed E-state index contributed by atoms with van der Waals surface area (Å²) in [5, 5.41) is 8.25. The third kappa shape index (κ3) is 4.74. The van der Waals surface area contributed by atoms with Crippen molar-refractivity contribution in [3.63, 3.8) is 0 Å². The Labute approximate surface area is 175 Å². The monoisotopic (exact) mass is 407 g/mol. The molecule has 1 amide bonds. The minimum absolute atomic E-state index is 0.147. The number of amides is 1. The third-order valence-electron chi connectivity index (χ3n) is 4.84. The lowest BCUT2D eigenvalue weighted by Gasteiger charge is -2.23. The van der Waals surface area contributed by atoms with E-state index in [2.05, 4.69) is 10.2 Å². The number of hydrogen-bond donors (Lipinski definition) is 0. The van der Waals surface area contributed by atoms with Crippen LogP contribution in [0.1, 0.15) is 29.8 Å². The number of aryl methyl sites for hydroxylation is 1. The normalized spacial score (nSPS) is 11.7. The number of carbonyl (C=O) groups excluding carboxylic acids is 2. The van der Waals surface area contributed by atoms with Crippen molar-refractivity contribution < 1.29 is 18.7 Å². The molecule has 0 aliphatic rings. The second-order valence-electron chi connectivity index (χ2n) is 7.13. The number of carbonyl (C=O) groups is 2. The van der Waals surface area contributed by atoms with Crippen molar-refractivity contribution in [2.24, 2.45) is 5.92 Å². The van der Waals surface area contributed by atoms with Gasteiger partial charge in [-0.05, 0) is 50.2 Å². The molecule has 1 unspecified atom stereocenters. The van der Waals surface area contributed by atoms with Gasteiger partial charge < -0.3 is 14.1 Å². The van der Waals surface area contributed by atoms with Gasteiger partial charge in [0.15, 0.2) is 0 Å². The van der Waals surface area contributed by atoms with Gasteiger partial charge in [-0.3, -0.25) is 9.59 Å². The van der Waals surface area contributed by atoms with E-state index in [0.29, 0.717) is 30.4 Å². The summed E-state index contributed by atoms with van der Waals surface area (Å²) in [4.78, 5) is 26.1. The summed E-state index contributed by atoms with van der Waals surface area (Å²) in [5.41, 5.74) is 3.22. The van der Waals surface area contributed by atoms with Gasteiger partial charge in [-0.2, -0.15) is 0 Å². The van der Waals surface area contributed by atoms with Crippen LogP contribution in [0.4, 0.5) is 0 Å². The number of hydrogen-bond acceptors (Lipinski definition) is 6. The molecule has 0 saturated heterocycles. The maximum Gasteiger partial charge on any atom is 0.310 e. The molecular weight excluding hydrogens is 382 g/mol. The van der Waals surface area contributed by atoms with Crippen LogP contribution in [0.3, 0.4) is 0 Å². The summed E-state index contributed by atoms with van der Waals surface area (Å²) in [6.45, 7) is 6.41. The lowest BCUT2D eigenvalue weighted by atomic mass is 10.1. The molecule has 156 valence electrons. The van der Waals surface area contributed by atoms with E-state index in [1.165, 1.54) is 7.11 Å². The lowest BCUT2D eigenvalue weighted by Crippen LogP contribution is -2.37. The third-order valence-corrected chi connectivity index (χ3v) is 4.84. The number of benzene rings is 2. The summed E-state index contributed by atoms with van der Waals surface area (Å²) in [5.74, 6) is -0.0419. The maximum atomic E-state index is 12.8. The fraction of sp³-hybridized carbons (Fsp3) is 0.304. The first-order valence-electron chi connectivity index (χ1n) is 9.81. The SMILES string of the molecule is CCN(CC(C)C(=O)OC)C(=O)c1ccc(-c2nnc(-c3cccc(C)c3)o2)cc1. The van der Waals surface area contributed by atoms with Crippen LogP contribution in [0.2, 0.25) is 0 Å². The highest BCUT2D eigenvalue weighted by atomic mass is 16.5. The van der Waals surface area contributed by atoms with E-state index in [4.69, 9.17) is 9.15 Å². The van der Waals surface area contributed by atoms with E-state index in [0.717, 1.165) is 16.7 Å². The molecule has 0 bridgehead atoms. The molecule has 3 rings (SSSR count). The van der Waals surface area contributed by atoms with Gasteiger partial charge in [0.1, 0.15) is 0 Å². The van der Waals surface area contributed by atoms with Crippen LogP contribution in [0.15, 0.2) is 52.9 Å². The molecule has 2 aromatic carbocycles. The van der Waals surface area contributed by atoms with Gasteiger partial charge in [0.25, 0.3) is 5.91 Å². The molecule has 3 aromatic rings. The van der Waals surface area contributed by atoms with E-state index < -0.39 is 5.92 Å². The largest absolute Gasteiger partial charge is 0.469 e. The Morgan fingerprint density at radius 2 is 1.73 bits per heavy atom. The molecule has 1 atom stereocenters. The number of nitrogens with zero attached hydrogens (tertiary/aromatic N) is 3. The molecular formula is C23H25N3O4.